The third kappa shape index (κ3) is 5.83. The standard InChI is InChI=1S/C13H22N6O2S.HI/c1-13(2)10-17(6-7-22-13)12(14-3)15-4-5-18-9-11(8-16-18)19(20)21;/h8-9H,4-7,10H2,1-3H3,(H,14,15);1H. The van der Waals surface area contributed by atoms with Crippen LogP contribution in [0.3, 0.4) is 0 Å². The molecule has 1 aliphatic rings. The number of nitrogens with zero attached hydrogens (tertiary/aromatic N) is 5. The lowest BCUT2D eigenvalue weighted by atomic mass is 10.2. The van der Waals surface area contributed by atoms with Crippen LogP contribution in [-0.4, -0.2) is 62.7 Å². The number of thioether (sulfide) groups is 1. The van der Waals surface area contributed by atoms with Crippen molar-refractivity contribution < 1.29 is 4.92 Å². The Labute approximate surface area is 157 Å². The minimum Gasteiger partial charge on any atom is -0.354 e. The molecule has 23 heavy (non-hydrogen) atoms. The predicted octanol–water partition coefficient (Wildman–Crippen LogP) is 1.81. The molecule has 0 saturated carbocycles. The lowest BCUT2D eigenvalue weighted by Crippen LogP contribution is -2.51. The van der Waals surface area contributed by atoms with Crippen LogP contribution in [0.1, 0.15) is 13.8 Å². The van der Waals surface area contributed by atoms with Crippen LogP contribution < -0.4 is 5.32 Å². The van der Waals surface area contributed by atoms with Crippen molar-refractivity contribution in [3.05, 3.63) is 22.5 Å². The molecule has 1 aromatic heterocycles. The molecule has 1 aliphatic heterocycles. The van der Waals surface area contributed by atoms with E-state index in [1.807, 2.05) is 11.8 Å². The first-order chi connectivity index (χ1) is 10.4. The van der Waals surface area contributed by atoms with Gasteiger partial charge in [-0.15, -0.1) is 24.0 Å². The number of nitrogens with one attached hydrogen (secondary N) is 1. The van der Waals surface area contributed by atoms with E-state index in [1.54, 1.807) is 11.7 Å². The molecule has 0 radical (unpaired) electrons. The SMILES string of the molecule is CN=C(NCCn1cc([N+](=O)[O-])cn1)N1CCSC(C)(C)C1.I. The second-order valence-electron chi connectivity index (χ2n) is 5.72. The summed E-state index contributed by atoms with van der Waals surface area (Å²) >= 11 is 1.98. The Morgan fingerprint density at radius 1 is 1.61 bits per heavy atom. The van der Waals surface area contributed by atoms with Crippen LogP contribution >= 0.6 is 35.7 Å². The molecule has 0 unspecified atom stereocenters. The van der Waals surface area contributed by atoms with Crippen molar-refractivity contribution in [1.82, 2.24) is 20.0 Å². The first-order valence-corrected chi connectivity index (χ1v) is 8.16. The lowest BCUT2D eigenvalue weighted by Gasteiger charge is -2.39. The monoisotopic (exact) mass is 454 g/mol. The normalized spacial score (nSPS) is 17.5. The van der Waals surface area contributed by atoms with E-state index < -0.39 is 4.92 Å². The zero-order valence-corrected chi connectivity index (χ0v) is 16.7. The molecule has 0 amide bonds. The molecule has 0 atom stereocenters. The van der Waals surface area contributed by atoms with Crippen LogP contribution in [0.15, 0.2) is 17.4 Å². The summed E-state index contributed by atoms with van der Waals surface area (Å²) in [6.45, 7) is 7.57. The maximum Gasteiger partial charge on any atom is 0.306 e. The van der Waals surface area contributed by atoms with Gasteiger partial charge in [-0.2, -0.15) is 16.9 Å². The van der Waals surface area contributed by atoms with E-state index in [9.17, 15) is 10.1 Å². The van der Waals surface area contributed by atoms with Crippen LogP contribution in [0.4, 0.5) is 5.69 Å². The highest BCUT2D eigenvalue weighted by molar-refractivity contribution is 14.0. The molecule has 0 aliphatic carbocycles. The van der Waals surface area contributed by atoms with Gasteiger partial charge in [-0.1, -0.05) is 0 Å². The molecule has 1 aromatic rings. The summed E-state index contributed by atoms with van der Waals surface area (Å²) in [5.41, 5.74) is 0.0131. The smallest absolute Gasteiger partial charge is 0.306 e. The highest BCUT2D eigenvalue weighted by Gasteiger charge is 2.28. The summed E-state index contributed by atoms with van der Waals surface area (Å²) in [5.74, 6) is 1.95. The molecule has 0 aromatic carbocycles. The molecule has 130 valence electrons. The maximum atomic E-state index is 10.6. The summed E-state index contributed by atoms with van der Waals surface area (Å²) in [7, 11) is 1.77. The minimum absolute atomic E-state index is 0. The van der Waals surface area contributed by atoms with E-state index in [0.717, 1.165) is 24.8 Å². The molecular formula is C13H23IN6O2S. The zero-order valence-electron chi connectivity index (χ0n) is 13.6. The fourth-order valence-corrected chi connectivity index (χ4v) is 3.49. The van der Waals surface area contributed by atoms with Gasteiger partial charge in [0.15, 0.2) is 5.96 Å². The Balaban J connectivity index is 0.00000264. The number of aliphatic imine (C=N–C) groups is 1. The highest BCUT2D eigenvalue weighted by Crippen LogP contribution is 2.29. The third-order valence-corrected chi connectivity index (χ3v) is 4.69. The number of hydrogen-bond acceptors (Lipinski definition) is 5. The summed E-state index contributed by atoms with van der Waals surface area (Å²) in [4.78, 5) is 16.8. The molecule has 0 bridgehead atoms. The van der Waals surface area contributed by atoms with Gasteiger partial charge in [0.1, 0.15) is 12.4 Å². The van der Waals surface area contributed by atoms with Gasteiger partial charge in [-0.25, -0.2) is 0 Å². The number of aromatic nitrogens is 2. The molecule has 1 saturated heterocycles. The van der Waals surface area contributed by atoms with Gasteiger partial charge in [0.05, 0.1) is 11.5 Å². The second kappa shape index (κ2) is 8.71. The number of hydrogen-bond donors (Lipinski definition) is 1. The van der Waals surface area contributed by atoms with Crippen LogP contribution in [-0.2, 0) is 6.54 Å². The average molecular weight is 454 g/mol. The van der Waals surface area contributed by atoms with Crippen molar-refractivity contribution in [2.24, 2.45) is 4.99 Å². The van der Waals surface area contributed by atoms with E-state index in [4.69, 9.17) is 0 Å². The average Bonchev–Trinajstić information content (AvgIpc) is 2.91. The highest BCUT2D eigenvalue weighted by atomic mass is 127. The summed E-state index contributed by atoms with van der Waals surface area (Å²) < 4.78 is 1.78. The maximum absolute atomic E-state index is 10.6. The molecular weight excluding hydrogens is 431 g/mol. The molecule has 10 heteroatoms. The van der Waals surface area contributed by atoms with E-state index in [1.165, 1.54) is 12.4 Å². The number of halogens is 1. The van der Waals surface area contributed by atoms with Crippen molar-refractivity contribution in [2.75, 3.05) is 32.4 Å². The van der Waals surface area contributed by atoms with Crippen LogP contribution in [0, 0.1) is 10.1 Å². The Morgan fingerprint density at radius 2 is 2.35 bits per heavy atom. The van der Waals surface area contributed by atoms with Crippen LogP contribution in [0.25, 0.3) is 0 Å². The Morgan fingerprint density at radius 3 is 2.91 bits per heavy atom. The topological polar surface area (TPSA) is 88.6 Å². The fraction of sp³-hybridized carbons (Fsp3) is 0.692. The van der Waals surface area contributed by atoms with Gasteiger partial charge in [-0.3, -0.25) is 19.8 Å². The van der Waals surface area contributed by atoms with Gasteiger partial charge in [0.2, 0.25) is 0 Å². The second-order valence-corrected chi connectivity index (χ2v) is 7.52. The third-order valence-electron chi connectivity index (χ3n) is 3.39. The lowest BCUT2D eigenvalue weighted by molar-refractivity contribution is -0.385. The van der Waals surface area contributed by atoms with E-state index in [0.29, 0.717) is 13.1 Å². The molecule has 1 fully saturated rings. The van der Waals surface area contributed by atoms with Gasteiger partial charge in [0, 0.05) is 37.2 Å². The van der Waals surface area contributed by atoms with Crippen molar-refractivity contribution in [3.63, 3.8) is 0 Å². The summed E-state index contributed by atoms with van der Waals surface area (Å²) in [6.07, 6.45) is 2.70. The number of nitro groups is 1. The van der Waals surface area contributed by atoms with Gasteiger partial charge < -0.3 is 10.2 Å². The Bertz CT molecular complexity index is 562. The van der Waals surface area contributed by atoms with Crippen molar-refractivity contribution in [3.8, 4) is 0 Å². The first kappa shape index (κ1) is 20.0. The largest absolute Gasteiger partial charge is 0.354 e. The molecule has 1 N–H and O–H groups in total. The Kier molecular flexibility index (Phi) is 7.58. The fourth-order valence-electron chi connectivity index (χ4n) is 2.38. The van der Waals surface area contributed by atoms with E-state index in [2.05, 4.69) is 34.2 Å². The summed E-state index contributed by atoms with van der Waals surface area (Å²) in [6, 6.07) is 0. The van der Waals surface area contributed by atoms with E-state index >= 15 is 0 Å². The van der Waals surface area contributed by atoms with E-state index in [-0.39, 0.29) is 34.4 Å². The van der Waals surface area contributed by atoms with Gasteiger partial charge in [-0.05, 0) is 13.8 Å². The molecule has 0 spiro atoms. The molecule has 2 rings (SSSR count). The Hall–Kier alpha value is -1.04. The van der Waals surface area contributed by atoms with Crippen molar-refractivity contribution >= 4 is 47.4 Å². The predicted molar refractivity (Wildman–Crippen MR) is 104 cm³/mol. The quantitative estimate of drug-likeness (QED) is 0.246. The minimum atomic E-state index is -0.441. The molecule has 2 heterocycles. The first-order valence-electron chi connectivity index (χ1n) is 7.18. The van der Waals surface area contributed by atoms with Gasteiger partial charge in [0.25, 0.3) is 0 Å². The number of rotatable bonds is 4. The summed E-state index contributed by atoms with van der Waals surface area (Å²) in [5, 5.41) is 17.9. The zero-order chi connectivity index (χ0) is 16.2. The number of guanidine groups is 1. The van der Waals surface area contributed by atoms with Crippen molar-refractivity contribution in [2.45, 2.75) is 25.1 Å². The van der Waals surface area contributed by atoms with Crippen LogP contribution in [0.5, 0.6) is 0 Å². The van der Waals surface area contributed by atoms with Gasteiger partial charge >= 0.3 is 5.69 Å². The van der Waals surface area contributed by atoms with Crippen LogP contribution in [0.2, 0.25) is 0 Å². The molecule has 8 nitrogen and oxygen atoms in total. The van der Waals surface area contributed by atoms with Crippen molar-refractivity contribution in [1.29, 1.82) is 0 Å².